The van der Waals surface area contributed by atoms with E-state index in [1.165, 1.54) is 0 Å². The topological polar surface area (TPSA) is 62.5 Å². The lowest BCUT2D eigenvalue weighted by atomic mass is 10.1. The molecule has 20 heavy (non-hydrogen) atoms. The third-order valence-corrected chi connectivity index (χ3v) is 3.10. The van der Waals surface area contributed by atoms with Gasteiger partial charge in [-0.1, -0.05) is 37.6 Å². The number of hydrogen-bond acceptors (Lipinski definition) is 3. The van der Waals surface area contributed by atoms with Gasteiger partial charge in [0.05, 0.1) is 6.61 Å². The summed E-state index contributed by atoms with van der Waals surface area (Å²) in [4.78, 5) is 11.9. The van der Waals surface area contributed by atoms with Gasteiger partial charge in [0, 0.05) is 12.1 Å². The molecule has 0 unspecified atom stereocenters. The van der Waals surface area contributed by atoms with Gasteiger partial charge in [0.15, 0.2) is 5.76 Å². The molecule has 0 spiro atoms. The lowest BCUT2D eigenvalue weighted by molar-refractivity contribution is 0.0926. The molecule has 0 aliphatic carbocycles. The van der Waals surface area contributed by atoms with Crippen molar-refractivity contribution in [3.8, 4) is 11.3 Å². The third-order valence-electron chi connectivity index (χ3n) is 3.10. The van der Waals surface area contributed by atoms with Gasteiger partial charge in [-0.3, -0.25) is 4.79 Å². The highest BCUT2D eigenvalue weighted by atomic mass is 16.4. The molecule has 0 bridgehead atoms. The van der Waals surface area contributed by atoms with Crippen LogP contribution in [-0.2, 0) is 6.61 Å². The number of nitrogens with one attached hydrogen (secondary N) is 1. The van der Waals surface area contributed by atoms with Crippen molar-refractivity contribution >= 4 is 5.91 Å². The van der Waals surface area contributed by atoms with Gasteiger partial charge < -0.3 is 14.8 Å². The third kappa shape index (κ3) is 3.27. The molecule has 1 aromatic heterocycles. The molecule has 0 aliphatic heterocycles. The lowest BCUT2D eigenvalue weighted by Crippen LogP contribution is -2.23. The highest BCUT2D eigenvalue weighted by Crippen LogP contribution is 2.25. The van der Waals surface area contributed by atoms with Crippen molar-refractivity contribution in [1.82, 2.24) is 5.32 Å². The molecule has 2 aromatic rings. The van der Waals surface area contributed by atoms with Crippen LogP contribution in [0.4, 0.5) is 0 Å². The largest absolute Gasteiger partial charge is 0.451 e. The fraction of sp³-hybridized carbons (Fsp3) is 0.312. The Hall–Kier alpha value is -2.07. The summed E-state index contributed by atoms with van der Waals surface area (Å²) in [5.74, 6) is 0.685. The van der Waals surface area contributed by atoms with E-state index in [-0.39, 0.29) is 12.5 Å². The minimum absolute atomic E-state index is 0.0606. The van der Waals surface area contributed by atoms with Gasteiger partial charge in [-0.2, -0.15) is 0 Å². The van der Waals surface area contributed by atoms with Crippen LogP contribution >= 0.6 is 0 Å². The minimum atomic E-state index is -0.203. The van der Waals surface area contributed by atoms with Crippen molar-refractivity contribution < 1.29 is 14.3 Å². The predicted octanol–water partition coefficient (Wildman–Crippen LogP) is 2.97. The summed E-state index contributed by atoms with van der Waals surface area (Å²) in [5.41, 5.74) is 1.59. The molecule has 0 saturated heterocycles. The number of carbonyl (C=O) groups is 1. The van der Waals surface area contributed by atoms with Crippen molar-refractivity contribution in [3.63, 3.8) is 0 Å². The number of benzene rings is 1. The zero-order valence-electron chi connectivity index (χ0n) is 11.6. The van der Waals surface area contributed by atoms with Crippen molar-refractivity contribution in [3.05, 3.63) is 47.7 Å². The number of carbonyl (C=O) groups excluding carboxylic acids is 1. The van der Waals surface area contributed by atoms with Crippen LogP contribution in [0.2, 0.25) is 0 Å². The Balaban J connectivity index is 2.14. The van der Waals surface area contributed by atoms with E-state index in [9.17, 15) is 9.90 Å². The van der Waals surface area contributed by atoms with Crippen LogP contribution in [0.5, 0.6) is 0 Å². The number of aliphatic hydroxyl groups excluding tert-OH is 1. The number of rotatable bonds is 6. The molecule has 0 aliphatic rings. The summed E-state index contributed by atoms with van der Waals surface area (Å²) in [6.45, 7) is 2.66. The van der Waals surface area contributed by atoms with E-state index >= 15 is 0 Å². The Bertz CT molecular complexity index is 575. The number of unbranched alkanes of at least 4 members (excludes halogenated alkanes) is 1. The van der Waals surface area contributed by atoms with E-state index in [1.807, 2.05) is 24.3 Å². The second-order valence-electron chi connectivity index (χ2n) is 4.59. The van der Waals surface area contributed by atoms with Gasteiger partial charge in [-0.05, 0) is 24.1 Å². The molecule has 2 N–H and O–H groups in total. The van der Waals surface area contributed by atoms with E-state index in [4.69, 9.17) is 4.42 Å². The molecule has 4 nitrogen and oxygen atoms in total. The molecule has 0 radical (unpaired) electrons. The van der Waals surface area contributed by atoms with E-state index < -0.39 is 0 Å². The summed E-state index contributed by atoms with van der Waals surface area (Å²) >= 11 is 0. The first-order chi connectivity index (χ1) is 9.76. The second-order valence-corrected chi connectivity index (χ2v) is 4.59. The number of furan rings is 1. The Labute approximate surface area is 118 Å². The summed E-state index contributed by atoms with van der Waals surface area (Å²) in [6.07, 6.45) is 1.99. The van der Waals surface area contributed by atoms with E-state index in [0.717, 1.165) is 24.0 Å². The van der Waals surface area contributed by atoms with Crippen LogP contribution in [0.25, 0.3) is 11.3 Å². The maximum absolute atomic E-state index is 11.9. The van der Waals surface area contributed by atoms with Gasteiger partial charge in [-0.25, -0.2) is 0 Å². The monoisotopic (exact) mass is 273 g/mol. The van der Waals surface area contributed by atoms with Gasteiger partial charge in [0.1, 0.15) is 5.76 Å². The van der Waals surface area contributed by atoms with Crippen LogP contribution in [-0.4, -0.2) is 17.6 Å². The fourth-order valence-electron chi connectivity index (χ4n) is 1.97. The summed E-state index contributed by atoms with van der Waals surface area (Å²) in [7, 11) is 0. The first-order valence-electron chi connectivity index (χ1n) is 6.83. The first kappa shape index (κ1) is 14.3. The smallest absolute Gasteiger partial charge is 0.287 e. The molecule has 1 heterocycles. The predicted molar refractivity (Wildman–Crippen MR) is 77.3 cm³/mol. The normalized spacial score (nSPS) is 10.5. The van der Waals surface area contributed by atoms with Crippen LogP contribution < -0.4 is 5.32 Å². The van der Waals surface area contributed by atoms with Gasteiger partial charge in [0.2, 0.25) is 0 Å². The Kier molecular flexibility index (Phi) is 4.96. The van der Waals surface area contributed by atoms with Gasteiger partial charge in [0.25, 0.3) is 5.91 Å². The molecule has 0 fully saturated rings. The summed E-state index contributed by atoms with van der Waals surface area (Å²) in [6, 6.07) is 10.8. The van der Waals surface area contributed by atoms with Crippen LogP contribution in [0.15, 0.2) is 40.8 Å². The van der Waals surface area contributed by atoms with Crippen molar-refractivity contribution in [2.75, 3.05) is 6.54 Å². The van der Waals surface area contributed by atoms with E-state index in [1.54, 1.807) is 12.1 Å². The SMILES string of the molecule is CCCCNC(=O)c1ccc(-c2ccccc2CO)o1. The van der Waals surface area contributed by atoms with Gasteiger partial charge in [-0.15, -0.1) is 0 Å². The van der Waals surface area contributed by atoms with Crippen LogP contribution in [0, 0.1) is 0 Å². The average molecular weight is 273 g/mol. The lowest BCUT2D eigenvalue weighted by Gasteiger charge is -2.04. The van der Waals surface area contributed by atoms with Gasteiger partial charge >= 0.3 is 0 Å². The zero-order valence-corrected chi connectivity index (χ0v) is 11.6. The molecule has 2 rings (SSSR count). The summed E-state index contributed by atoms with van der Waals surface area (Å²) in [5, 5.41) is 12.1. The Morgan fingerprint density at radius 3 is 2.80 bits per heavy atom. The zero-order chi connectivity index (χ0) is 14.4. The fourth-order valence-corrected chi connectivity index (χ4v) is 1.97. The number of amides is 1. The van der Waals surface area contributed by atoms with E-state index in [0.29, 0.717) is 18.1 Å². The molecule has 4 heteroatoms. The minimum Gasteiger partial charge on any atom is -0.451 e. The maximum Gasteiger partial charge on any atom is 0.287 e. The first-order valence-corrected chi connectivity index (χ1v) is 6.83. The molecule has 0 saturated carbocycles. The Morgan fingerprint density at radius 1 is 1.25 bits per heavy atom. The average Bonchev–Trinajstić information content (AvgIpc) is 2.97. The molecular weight excluding hydrogens is 254 g/mol. The molecule has 1 aromatic carbocycles. The Morgan fingerprint density at radius 2 is 2.05 bits per heavy atom. The van der Waals surface area contributed by atoms with Crippen molar-refractivity contribution in [1.29, 1.82) is 0 Å². The highest BCUT2D eigenvalue weighted by molar-refractivity contribution is 5.92. The quantitative estimate of drug-likeness (QED) is 0.795. The number of hydrogen-bond donors (Lipinski definition) is 2. The number of aliphatic hydroxyl groups is 1. The highest BCUT2D eigenvalue weighted by Gasteiger charge is 2.13. The second kappa shape index (κ2) is 6.91. The molecule has 1 amide bonds. The summed E-state index contributed by atoms with van der Waals surface area (Å²) < 4.78 is 5.58. The molecule has 106 valence electrons. The van der Waals surface area contributed by atoms with Crippen LogP contribution in [0.3, 0.4) is 0 Å². The standard InChI is InChI=1S/C16H19NO3/c1-2-3-10-17-16(19)15-9-8-14(20-15)13-7-5-4-6-12(13)11-18/h4-9,18H,2-3,10-11H2,1H3,(H,17,19). The van der Waals surface area contributed by atoms with Crippen LogP contribution in [0.1, 0.15) is 35.9 Å². The molecule has 0 atom stereocenters. The van der Waals surface area contributed by atoms with Crippen molar-refractivity contribution in [2.45, 2.75) is 26.4 Å². The maximum atomic E-state index is 11.9. The molecular formula is C16H19NO3. The van der Waals surface area contributed by atoms with Crippen molar-refractivity contribution in [2.24, 2.45) is 0 Å². The van der Waals surface area contributed by atoms with E-state index in [2.05, 4.69) is 12.2 Å².